The summed E-state index contributed by atoms with van der Waals surface area (Å²) in [5.74, 6) is 1.51. The topological polar surface area (TPSA) is 48.0 Å². The number of ether oxygens (including phenoxy) is 3. The molecule has 0 N–H and O–H groups in total. The van der Waals surface area contributed by atoms with Crippen molar-refractivity contribution < 1.29 is 19.0 Å². The van der Waals surface area contributed by atoms with Crippen molar-refractivity contribution in [3.05, 3.63) is 66.2 Å². The van der Waals surface area contributed by atoms with E-state index in [0.717, 1.165) is 6.42 Å². The average molecular weight is 353 g/mol. The quantitative estimate of drug-likeness (QED) is 0.717. The highest BCUT2D eigenvalue weighted by Gasteiger charge is 2.23. The Morgan fingerprint density at radius 3 is 2.73 bits per heavy atom. The predicted octanol–water partition coefficient (Wildman–Crippen LogP) is 3.34. The molecule has 0 atom stereocenters. The van der Waals surface area contributed by atoms with Crippen LogP contribution in [0.2, 0.25) is 0 Å². The van der Waals surface area contributed by atoms with Gasteiger partial charge >= 0.3 is 0 Å². The van der Waals surface area contributed by atoms with Gasteiger partial charge in [0.2, 0.25) is 5.75 Å². The largest absolute Gasteiger partial charge is 0.493 e. The van der Waals surface area contributed by atoms with E-state index in [4.69, 9.17) is 14.2 Å². The van der Waals surface area contributed by atoms with E-state index in [9.17, 15) is 4.79 Å². The number of carbonyl (C=O) groups excluding carboxylic acids is 1. The minimum Gasteiger partial charge on any atom is -0.493 e. The molecular weight excluding hydrogens is 330 g/mol. The van der Waals surface area contributed by atoms with E-state index < -0.39 is 0 Å². The Hall–Kier alpha value is -2.95. The van der Waals surface area contributed by atoms with Gasteiger partial charge in [0.05, 0.1) is 7.11 Å². The minimum atomic E-state index is -0.0869. The van der Waals surface area contributed by atoms with E-state index in [1.165, 1.54) is 5.56 Å². The molecule has 5 heteroatoms. The van der Waals surface area contributed by atoms with Gasteiger partial charge in [0.1, 0.15) is 13.2 Å². The van der Waals surface area contributed by atoms with Gasteiger partial charge < -0.3 is 19.1 Å². The van der Waals surface area contributed by atoms with Crippen molar-refractivity contribution in [1.29, 1.82) is 0 Å². The summed E-state index contributed by atoms with van der Waals surface area (Å²) >= 11 is 0. The number of hydrogen-bond donors (Lipinski definition) is 0. The molecule has 26 heavy (non-hydrogen) atoms. The Morgan fingerprint density at radius 2 is 2.00 bits per heavy atom. The van der Waals surface area contributed by atoms with Gasteiger partial charge in [0.25, 0.3) is 5.91 Å². The summed E-state index contributed by atoms with van der Waals surface area (Å²) in [7, 11) is 1.55. The number of hydrogen-bond acceptors (Lipinski definition) is 4. The van der Waals surface area contributed by atoms with Crippen LogP contribution in [0.5, 0.6) is 17.2 Å². The lowest BCUT2D eigenvalue weighted by atomic mass is 10.1. The number of rotatable bonds is 7. The molecule has 0 spiro atoms. The zero-order chi connectivity index (χ0) is 18.4. The lowest BCUT2D eigenvalue weighted by Gasteiger charge is -2.24. The maximum absolute atomic E-state index is 13.0. The van der Waals surface area contributed by atoms with Crippen molar-refractivity contribution in [2.45, 2.75) is 6.42 Å². The Balaban J connectivity index is 1.81. The van der Waals surface area contributed by atoms with Gasteiger partial charge in [-0.15, -0.1) is 6.58 Å². The van der Waals surface area contributed by atoms with Crippen LogP contribution in [0.3, 0.4) is 0 Å². The van der Waals surface area contributed by atoms with Crippen molar-refractivity contribution in [1.82, 2.24) is 4.90 Å². The first-order valence-corrected chi connectivity index (χ1v) is 8.64. The van der Waals surface area contributed by atoms with E-state index in [-0.39, 0.29) is 5.91 Å². The monoisotopic (exact) mass is 353 g/mol. The third-order valence-corrected chi connectivity index (χ3v) is 4.22. The van der Waals surface area contributed by atoms with Crippen LogP contribution in [0.4, 0.5) is 0 Å². The highest BCUT2D eigenvalue weighted by atomic mass is 16.6. The number of benzene rings is 2. The van der Waals surface area contributed by atoms with Crippen LogP contribution in [0.15, 0.2) is 55.1 Å². The van der Waals surface area contributed by atoms with Gasteiger partial charge in [-0.2, -0.15) is 0 Å². The molecule has 0 aliphatic carbocycles. The van der Waals surface area contributed by atoms with Crippen LogP contribution < -0.4 is 14.2 Å². The summed E-state index contributed by atoms with van der Waals surface area (Å²) in [6.45, 7) is 5.77. The average Bonchev–Trinajstić information content (AvgIpc) is 2.70. The maximum atomic E-state index is 13.0. The second kappa shape index (κ2) is 8.43. The van der Waals surface area contributed by atoms with E-state index in [0.29, 0.717) is 49.1 Å². The lowest BCUT2D eigenvalue weighted by Crippen LogP contribution is -2.33. The van der Waals surface area contributed by atoms with Gasteiger partial charge in [-0.1, -0.05) is 36.4 Å². The summed E-state index contributed by atoms with van der Waals surface area (Å²) in [4.78, 5) is 14.8. The van der Waals surface area contributed by atoms with Gasteiger partial charge in [0, 0.05) is 18.7 Å². The van der Waals surface area contributed by atoms with Crippen molar-refractivity contribution in [2.24, 2.45) is 0 Å². The Labute approximate surface area is 153 Å². The fourth-order valence-corrected chi connectivity index (χ4v) is 2.92. The van der Waals surface area contributed by atoms with Gasteiger partial charge in [-0.3, -0.25) is 4.79 Å². The van der Waals surface area contributed by atoms with E-state index in [1.807, 2.05) is 18.2 Å². The lowest BCUT2D eigenvalue weighted by molar-refractivity contribution is 0.0773. The Bertz CT molecular complexity index is 756. The normalized spacial score (nSPS) is 12.3. The second-order valence-corrected chi connectivity index (χ2v) is 5.98. The van der Waals surface area contributed by atoms with Gasteiger partial charge in [0.15, 0.2) is 11.5 Å². The molecular formula is C21H23NO4. The minimum absolute atomic E-state index is 0.0869. The molecule has 5 nitrogen and oxygen atoms in total. The third-order valence-electron chi connectivity index (χ3n) is 4.22. The fraction of sp³-hybridized carbons (Fsp3) is 0.286. The first kappa shape index (κ1) is 17.9. The first-order chi connectivity index (χ1) is 12.7. The van der Waals surface area contributed by atoms with E-state index in [1.54, 1.807) is 30.2 Å². The molecule has 2 aromatic carbocycles. The molecule has 0 saturated heterocycles. The van der Waals surface area contributed by atoms with Gasteiger partial charge in [-0.25, -0.2) is 0 Å². The summed E-state index contributed by atoms with van der Waals surface area (Å²) in [6, 6.07) is 13.5. The molecule has 0 bridgehead atoms. The number of amides is 1. The third kappa shape index (κ3) is 3.99. The highest BCUT2D eigenvalue weighted by Crippen LogP contribution is 2.40. The standard InChI is InChI=1S/C21H23NO4/c1-3-10-22(11-9-16-7-5-4-6-8-16)21(23)17-14-18(24-2)20-19(15-17)25-12-13-26-20/h3-8,14-15H,1,9-13H2,2H3. The van der Waals surface area contributed by atoms with Crippen LogP contribution in [0.1, 0.15) is 15.9 Å². The van der Waals surface area contributed by atoms with Crippen LogP contribution in [0, 0.1) is 0 Å². The highest BCUT2D eigenvalue weighted by molar-refractivity contribution is 5.95. The molecule has 0 saturated carbocycles. The fourth-order valence-electron chi connectivity index (χ4n) is 2.92. The van der Waals surface area contributed by atoms with Gasteiger partial charge in [-0.05, 0) is 24.1 Å². The van der Waals surface area contributed by atoms with E-state index >= 15 is 0 Å². The smallest absolute Gasteiger partial charge is 0.254 e. The molecule has 1 aliphatic heterocycles. The van der Waals surface area contributed by atoms with Crippen molar-refractivity contribution in [2.75, 3.05) is 33.4 Å². The maximum Gasteiger partial charge on any atom is 0.254 e. The molecule has 1 heterocycles. The summed E-state index contributed by atoms with van der Waals surface area (Å²) in [5, 5.41) is 0. The number of methoxy groups -OCH3 is 1. The van der Waals surface area contributed by atoms with Crippen molar-refractivity contribution in [3.8, 4) is 17.2 Å². The molecule has 136 valence electrons. The zero-order valence-corrected chi connectivity index (χ0v) is 14.9. The Kier molecular flexibility index (Phi) is 5.79. The van der Waals surface area contributed by atoms with Crippen molar-refractivity contribution in [3.63, 3.8) is 0 Å². The zero-order valence-electron chi connectivity index (χ0n) is 14.9. The number of fused-ring (bicyclic) bond motifs is 1. The molecule has 1 aliphatic rings. The van der Waals surface area contributed by atoms with Crippen LogP contribution in [0.25, 0.3) is 0 Å². The second-order valence-electron chi connectivity index (χ2n) is 5.98. The summed E-state index contributed by atoms with van der Waals surface area (Å²) < 4.78 is 16.6. The summed E-state index contributed by atoms with van der Waals surface area (Å²) in [6.07, 6.45) is 2.51. The van der Waals surface area contributed by atoms with Crippen LogP contribution in [-0.2, 0) is 6.42 Å². The molecule has 0 unspecified atom stereocenters. The molecule has 1 amide bonds. The molecule has 0 aromatic heterocycles. The molecule has 3 rings (SSSR count). The number of carbonyl (C=O) groups is 1. The SMILES string of the molecule is C=CCN(CCc1ccccc1)C(=O)c1cc(OC)c2c(c1)OCCO2. The van der Waals surface area contributed by atoms with E-state index in [2.05, 4.69) is 18.7 Å². The predicted molar refractivity (Wildman–Crippen MR) is 100 cm³/mol. The van der Waals surface area contributed by atoms with Crippen LogP contribution >= 0.6 is 0 Å². The number of nitrogens with zero attached hydrogens (tertiary/aromatic N) is 1. The molecule has 0 fully saturated rings. The first-order valence-electron chi connectivity index (χ1n) is 8.64. The molecule has 0 radical (unpaired) electrons. The van der Waals surface area contributed by atoms with Crippen molar-refractivity contribution >= 4 is 5.91 Å². The van der Waals surface area contributed by atoms with Crippen LogP contribution in [-0.4, -0.2) is 44.2 Å². The molecule has 2 aromatic rings. The summed E-state index contributed by atoms with van der Waals surface area (Å²) in [5.41, 5.74) is 1.70. The Morgan fingerprint density at radius 1 is 1.23 bits per heavy atom.